The molecule has 0 saturated carbocycles. The van der Waals surface area contributed by atoms with Crippen LogP contribution in [-0.2, 0) is 11.3 Å². The molecule has 10 amide bonds. The van der Waals surface area contributed by atoms with Gasteiger partial charge < -0.3 is 56.6 Å². The van der Waals surface area contributed by atoms with E-state index in [9.17, 15) is 38.4 Å². The van der Waals surface area contributed by atoms with Crippen molar-refractivity contribution in [2.24, 2.45) is 0 Å². The highest BCUT2D eigenvalue weighted by molar-refractivity contribution is 6.13. The molecule has 14 rings (SSSR count). The molecule has 33 heteroatoms. The molecule has 0 spiro atoms. The molecular formula is C76H74N24O9. The number of methoxy groups -OCH3 is 1. The number of ketones is 1. The van der Waals surface area contributed by atoms with Crippen LogP contribution in [0.1, 0.15) is 80.4 Å². The highest BCUT2D eigenvalue weighted by Crippen LogP contribution is 2.33. The van der Waals surface area contributed by atoms with Gasteiger partial charge in [0.05, 0.1) is 45.9 Å². The van der Waals surface area contributed by atoms with Gasteiger partial charge in [0, 0.05) is 122 Å². The predicted molar refractivity (Wildman–Crippen MR) is 414 cm³/mol. The molecule has 0 aliphatic heterocycles. The van der Waals surface area contributed by atoms with Crippen molar-refractivity contribution < 1.29 is 43.1 Å². The monoisotopic (exact) mass is 1470 g/mol. The Morgan fingerprint density at radius 2 is 0.771 bits per heavy atom. The van der Waals surface area contributed by atoms with Crippen LogP contribution < -0.4 is 53.2 Å². The van der Waals surface area contributed by atoms with E-state index in [1.807, 2.05) is 131 Å². The molecule has 0 saturated heterocycles. The maximum absolute atomic E-state index is 13.1. The van der Waals surface area contributed by atoms with Crippen LogP contribution in [0, 0.1) is 6.92 Å². The molecule has 15 N–H and O–H groups in total. The van der Waals surface area contributed by atoms with Gasteiger partial charge in [-0.15, -0.1) is 0 Å². The van der Waals surface area contributed by atoms with Crippen molar-refractivity contribution in [1.29, 1.82) is 0 Å². The van der Waals surface area contributed by atoms with Crippen molar-refractivity contribution in [3.05, 3.63) is 217 Å². The largest absolute Gasteiger partial charge is 0.465 e. The van der Waals surface area contributed by atoms with Crippen molar-refractivity contribution in [2.75, 3.05) is 60.4 Å². The third-order valence-corrected chi connectivity index (χ3v) is 16.0. The van der Waals surface area contributed by atoms with Crippen LogP contribution >= 0.6 is 0 Å². The third-order valence-electron chi connectivity index (χ3n) is 16.0. The molecule has 0 radical (unpaired) electrons. The maximum atomic E-state index is 13.1. The number of aromatic nitrogens is 14. The van der Waals surface area contributed by atoms with Gasteiger partial charge in [0.1, 0.15) is 22.1 Å². The number of benzene rings is 5. The molecular weight excluding hydrogens is 1390 g/mol. The number of aryl methyl sites for hydroxylation is 1. The van der Waals surface area contributed by atoms with Crippen LogP contribution in [0.15, 0.2) is 183 Å². The number of hydrogen-bond donors (Lipinski definition) is 15. The van der Waals surface area contributed by atoms with Crippen LogP contribution in [0.3, 0.4) is 0 Å². The summed E-state index contributed by atoms with van der Waals surface area (Å²) >= 11 is 0. The number of hydrogen-bond acceptors (Lipinski definition) is 18. The van der Waals surface area contributed by atoms with E-state index < -0.39 is 12.0 Å². The molecule has 0 bridgehead atoms. The quantitative estimate of drug-likeness (QED) is 0.0280. The van der Waals surface area contributed by atoms with Gasteiger partial charge in [-0.1, -0.05) is 54.6 Å². The lowest BCUT2D eigenvalue weighted by Gasteiger charge is -2.08. The first kappa shape index (κ1) is 75.1. The van der Waals surface area contributed by atoms with Gasteiger partial charge in [-0.3, -0.25) is 60.7 Å². The summed E-state index contributed by atoms with van der Waals surface area (Å²) in [5.74, 6) is 0.216. The molecule has 552 valence electrons. The van der Waals surface area contributed by atoms with Gasteiger partial charge in [0.25, 0.3) is 11.8 Å². The summed E-state index contributed by atoms with van der Waals surface area (Å²) < 4.78 is 4.84. The van der Waals surface area contributed by atoms with Gasteiger partial charge in [-0.2, -0.15) is 5.10 Å². The molecule has 109 heavy (non-hydrogen) atoms. The highest BCUT2D eigenvalue weighted by atomic mass is 16.5. The van der Waals surface area contributed by atoms with Gasteiger partial charge >= 0.3 is 30.1 Å². The topological polar surface area (TPSA) is 461 Å². The number of imidazole rings is 4. The summed E-state index contributed by atoms with van der Waals surface area (Å²) in [6.45, 7) is 10.7. The molecule has 0 atom stereocenters. The Labute approximate surface area is 621 Å². The molecule has 5 aromatic carbocycles. The number of esters is 1. The fourth-order valence-corrected chi connectivity index (χ4v) is 11.0. The smallest absolute Gasteiger partial charge is 0.340 e. The maximum Gasteiger partial charge on any atom is 0.340 e. The van der Waals surface area contributed by atoms with Crippen molar-refractivity contribution in [3.8, 4) is 44.5 Å². The number of rotatable bonds is 18. The molecule has 0 fully saturated rings. The third kappa shape index (κ3) is 19.2. The first-order valence-corrected chi connectivity index (χ1v) is 34.0. The van der Waals surface area contributed by atoms with Crippen LogP contribution in [0.2, 0.25) is 0 Å². The Kier molecular flexibility index (Phi) is 24.4. The first-order chi connectivity index (χ1) is 52.9. The van der Waals surface area contributed by atoms with Crippen molar-refractivity contribution in [3.63, 3.8) is 0 Å². The number of amides is 10. The van der Waals surface area contributed by atoms with E-state index in [1.165, 1.54) is 21.1 Å². The fraction of sp³-hybridized carbons (Fsp3) is 0.145. The van der Waals surface area contributed by atoms with Gasteiger partial charge in [-0.05, 0) is 135 Å². The lowest BCUT2D eigenvalue weighted by atomic mass is 10.0. The number of nitrogens with one attached hydrogen (secondary N) is 15. The molecule has 14 aromatic rings. The summed E-state index contributed by atoms with van der Waals surface area (Å²) in [7, 11) is 2.81. The number of nitrogens with zero attached hydrogens (tertiary/aromatic N) is 9. The Hall–Kier alpha value is -15.1. The van der Waals surface area contributed by atoms with Crippen molar-refractivity contribution in [1.82, 2.24) is 96.6 Å². The second-order valence-electron chi connectivity index (χ2n) is 23.8. The van der Waals surface area contributed by atoms with Gasteiger partial charge in [0.15, 0.2) is 11.6 Å². The summed E-state index contributed by atoms with van der Waals surface area (Å²) in [5, 5.41) is 33.4. The summed E-state index contributed by atoms with van der Waals surface area (Å²) in [4.78, 5) is 143. The lowest BCUT2D eigenvalue weighted by molar-refractivity contribution is 0.0602. The van der Waals surface area contributed by atoms with Crippen molar-refractivity contribution in [2.45, 2.75) is 41.2 Å². The minimum Gasteiger partial charge on any atom is -0.465 e. The van der Waals surface area contributed by atoms with Crippen LogP contribution in [-0.4, -0.2) is 151 Å². The molecule has 0 aliphatic carbocycles. The van der Waals surface area contributed by atoms with Gasteiger partial charge in [-0.25, -0.2) is 43.9 Å². The predicted octanol–water partition coefficient (Wildman–Crippen LogP) is 11.9. The molecule has 0 aliphatic rings. The minimum absolute atomic E-state index is 0.0956. The SMILES string of the molecule is CCNC(=O)Nc1nc2c(C(=O)NCc3ccccc3)cc(-c3cccnc3)cc2[nH]1.CCNC(=O)Nc1nc2c(C(=O)Nc3cc(C)[nH]n3)cc(-c3cccnc3)cc2[nH]1.CCNC(=O)Nc1nc2c(C(C)=O)cc(-c3cccnc3)cc2[nH]1.CNC(=O)Nc1nc2c(C(=O)OC)cc(-c3cccnc3)cc2[nH]1. The number of carbonyl (C=O) groups excluding carboxylic acids is 8. The van der Waals surface area contributed by atoms with E-state index in [0.717, 1.165) is 55.8 Å². The average Bonchev–Trinajstić information content (AvgIpc) is 1.71. The Morgan fingerprint density at radius 3 is 1.12 bits per heavy atom. The van der Waals surface area contributed by atoms with Crippen LogP contribution in [0.4, 0.5) is 48.8 Å². The first-order valence-electron chi connectivity index (χ1n) is 34.0. The van der Waals surface area contributed by atoms with Crippen molar-refractivity contribution >= 4 is 121 Å². The van der Waals surface area contributed by atoms with E-state index >= 15 is 0 Å². The van der Waals surface area contributed by atoms with E-state index in [2.05, 4.69) is 123 Å². The number of carbonyl (C=O) groups is 8. The number of urea groups is 4. The normalized spacial score (nSPS) is 10.6. The standard InChI is InChI=1S/C23H22N6O2.C20H20N8O2.C17H17N5O2.C16H15N5O3/c1-2-25-23(31)29-22-27-19-12-17(16-9-6-10-24-14-16)11-18(20(19)28-22)21(30)26-13-15-7-4-3-5-8-15;1-3-22-20(30)26-19-23-15-9-13(12-5-4-6-21-10-12)8-14(17(15)25-19)18(29)24-16-7-11(2)27-28-16;1-3-19-17(24)22-16-20-14-8-12(11-5-4-6-18-9-11)7-13(10(2)23)15(14)21-16;1-17-16(23)21-15-19-12-7-10(9-4-3-5-18-8-9)6-11(13(12)20-15)14(22)24-2/h3-12,14H,2,13H2,1H3,(H,26,30)(H3,25,27,28,29,31);4-10H,3H2,1-2H3,(H2,24,27,28,29)(H3,22,23,25,26,30);4-9H,3H2,1-2H3,(H3,19,20,21,22,24);3-8H,1-2H3,(H3,17,19,20,21,23). The summed E-state index contributed by atoms with van der Waals surface area (Å²) in [6, 6.07) is 39.3. The Morgan fingerprint density at radius 1 is 0.404 bits per heavy atom. The zero-order valence-corrected chi connectivity index (χ0v) is 59.8. The average molecular weight is 1470 g/mol. The number of H-pyrrole nitrogens is 5. The molecule has 9 heterocycles. The fourth-order valence-electron chi connectivity index (χ4n) is 11.0. The van der Waals surface area contributed by atoms with Crippen LogP contribution in [0.25, 0.3) is 88.6 Å². The number of pyridine rings is 4. The second kappa shape index (κ2) is 35.4. The molecule has 33 nitrogen and oxygen atoms in total. The van der Waals surface area contributed by atoms with E-state index in [4.69, 9.17) is 4.74 Å². The highest BCUT2D eigenvalue weighted by Gasteiger charge is 2.23. The summed E-state index contributed by atoms with van der Waals surface area (Å²) in [6.07, 6.45) is 13.6. The number of ether oxygens (including phenoxy) is 1. The zero-order valence-electron chi connectivity index (χ0n) is 59.8. The number of Topliss-reactive ketones (excluding diaryl/α,β-unsaturated/α-hetero) is 1. The van der Waals surface area contributed by atoms with E-state index in [-0.39, 0.29) is 53.5 Å². The molecule has 0 unspecified atom stereocenters. The summed E-state index contributed by atoms with van der Waals surface area (Å²) in [5.41, 5.74) is 14.4. The van der Waals surface area contributed by atoms with Gasteiger partial charge in [0.2, 0.25) is 23.8 Å². The Balaban J connectivity index is 0.000000145. The van der Waals surface area contributed by atoms with E-state index in [0.29, 0.717) is 104 Å². The zero-order chi connectivity index (χ0) is 76.9. The second-order valence-corrected chi connectivity index (χ2v) is 23.8. The number of anilines is 5. The Bertz CT molecular complexity index is 5590. The van der Waals surface area contributed by atoms with Crippen LogP contribution in [0.5, 0.6) is 0 Å². The minimum atomic E-state index is -0.510. The number of aromatic amines is 5. The number of fused-ring (bicyclic) bond motifs is 4. The molecule has 9 aromatic heterocycles. The lowest BCUT2D eigenvalue weighted by Crippen LogP contribution is -2.28. The van der Waals surface area contributed by atoms with E-state index in [1.54, 1.807) is 79.9 Å².